The predicted molar refractivity (Wildman–Crippen MR) is 57.0 cm³/mol. The van der Waals surface area contributed by atoms with Gasteiger partial charge in [-0.25, -0.2) is 0 Å². The van der Waals surface area contributed by atoms with Crippen LogP contribution in [0.15, 0.2) is 0 Å². The molecule has 5 nitrogen and oxygen atoms in total. The van der Waals surface area contributed by atoms with E-state index in [1.165, 1.54) is 0 Å². The van der Waals surface area contributed by atoms with Crippen LogP contribution in [0.4, 0.5) is 0 Å². The van der Waals surface area contributed by atoms with E-state index in [-0.39, 0.29) is 0 Å². The van der Waals surface area contributed by atoms with Gasteiger partial charge in [0.15, 0.2) is 0 Å². The Labute approximate surface area is 90.4 Å². The van der Waals surface area contributed by atoms with E-state index >= 15 is 0 Å². The second-order valence-electron chi connectivity index (χ2n) is 3.72. The molecule has 1 aliphatic heterocycles. The third-order valence-corrected chi connectivity index (χ3v) is 2.50. The van der Waals surface area contributed by atoms with Crippen LogP contribution in [-0.2, 0) is 9.53 Å². The average Bonchev–Trinajstić information content (AvgIpc) is 2.45. The normalized spacial score (nSPS) is 20.9. The molecule has 1 atom stereocenters. The minimum Gasteiger partial charge on any atom is -0.480 e. The van der Waals surface area contributed by atoms with Crippen molar-refractivity contribution in [1.82, 2.24) is 10.2 Å². The molecule has 0 bridgehead atoms. The van der Waals surface area contributed by atoms with Crippen molar-refractivity contribution in [3.63, 3.8) is 0 Å². The van der Waals surface area contributed by atoms with Crippen molar-refractivity contribution in [1.29, 1.82) is 0 Å². The lowest BCUT2D eigenvalue weighted by molar-refractivity contribution is -0.140. The Balaban J connectivity index is 2.37. The second kappa shape index (κ2) is 6.76. The summed E-state index contributed by atoms with van der Waals surface area (Å²) in [6, 6.07) is -0.465. The van der Waals surface area contributed by atoms with Crippen molar-refractivity contribution in [2.24, 2.45) is 0 Å². The smallest absolute Gasteiger partial charge is 0.322 e. The van der Waals surface area contributed by atoms with Crippen molar-refractivity contribution >= 4 is 5.97 Å². The molecule has 1 unspecified atom stereocenters. The number of carbonyl (C=O) groups is 1. The first-order chi connectivity index (χ1) is 7.24. The number of hydrogen-bond donors (Lipinski definition) is 2. The van der Waals surface area contributed by atoms with Crippen molar-refractivity contribution in [2.45, 2.75) is 19.4 Å². The number of carboxylic acid groups (broad SMARTS) is 1. The van der Waals surface area contributed by atoms with Gasteiger partial charge in [0.1, 0.15) is 6.04 Å². The number of carboxylic acids is 1. The summed E-state index contributed by atoms with van der Waals surface area (Å²) in [5.41, 5.74) is 0. The van der Waals surface area contributed by atoms with Crippen molar-refractivity contribution in [3.05, 3.63) is 0 Å². The summed E-state index contributed by atoms with van der Waals surface area (Å²) >= 11 is 0. The molecule has 15 heavy (non-hydrogen) atoms. The highest BCUT2D eigenvalue weighted by atomic mass is 16.5. The van der Waals surface area contributed by atoms with Gasteiger partial charge in [0.05, 0.1) is 6.61 Å². The van der Waals surface area contributed by atoms with E-state index < -0.39 is 12.0 Å². The summed E-state index contributed by atoms with van der Waals surface area (Å²) < 4.78 is 5.32. The summed E-state index contributed by atoms with van der Waals surface area (Å²) in [5, 5.41) is 12.0. The second-order valence-corrected chi connectivity index (χ2v) is 3.72. The molecule has 1 saturated heterocycles. The van der Waals surface area contributed by atoms with Gasteiger partial charge < -0.3 is 15.2 Å². The summed E-state index contributed by atoms with van der Waals surface area (Å²) in [6.07, 6.45) is 0.985. The number of nitrogens with one attached hydrogen (secondary N) is 1. The lowest BCUT2D eigenvalue weighted by Gasteiger charge is -2.23. The molecule has 0 aliphatic carbocycles. The Morgan fingerprint density at radius 2 is 2.33 bits per heavy atom. The summed E-state index contributed by atoms with van der Waals surface area (Å²) in [4.78, 5) is 13.1. The van der Waals surface area contributed by atoms with Crippen molar-refractivity contribution in [2.75, 3.05) is 39.4 Å². The quantitative estimate of drug-likeness (QED) is 0.665. The summed E-state index contributed by atoms with van der Waals surface area (Å²) in [7, 11) is 0. The minimum atomic E-state index is -0.776. The molecule has 1 fully saturated rings. The summed E-state index contributed by atoms with van der Waals surface area (Å²) in [6.45, 7) is 6.41. The monoisotopic (exact) mass is 216 g/mol. The van der Waals surface area contributed by atoms with E-state index in [1.807, 2.05) is 6.92 Å². The molecular formula is C10H20N2O3. The van der Waals surface area contributed by atoms with Gasteiger partial charge in [-0.3, -0.25) is 9.69 Å². The first kappa shape index (κ1) is 12.4. The Kier molecular flexibility index (Phi) is 5.60. The third-order valence-electron chi connectivity index (χ3n) is 2.50. The first-order valence-electron chi connectivity index (χ1n) is 5.50. The van der Waals surface area contributed by atoms with Crippen LogP contribution in [-0.4, -0.2) is 61.4 Å². The first-order valence-corrected chi connectivity index (χ1v) is 5.50. The van der Waals surface area contributed by atoms with Crippen LogP contribution in [0.25, 0.3) is 0 Å². The molecule has 0 radical (unpaired) electrons. The van der Waals surface area contributed by atoms with Gasteiger partial charge in [0, 0.05) is 26.2 Å². The molecule has 0 aromatic carbocycles. The van der Waals surface area contributed by atoms with Crippen molar-refractivity contribution < 1.29 is 14.6 Å². The Morgan fingerprint density at radius 3 is 3.00 bits per heavy atom. The minimum absolute atomic E-state index is 0.465. The van der Waals surface area contributed by atoms with Gasteiger partial charge in [0.25, 0.3) is 0 Å². The average molecular weight is 216 g/mol. The largest absolute Gasteiger partial charge is 0.480 e. The van der Waals surface area contributed by atoms with E-state index in [1.54, 1.807) is 0 Å². The summed E-state index contributed by atoms with van der Waals surface area (Å²) in [5.74, 6) is -0.776. The molecule has 0 aromatic rings. The van der Waals surface area contributed by atoms with Crippen LogP contribution in [0.1, 0.15) is 13.3 Å². The highest BCUT2D eigenvalue weighted by molar-refractivity contribution is 5.73. The number of rotatable bonds is 5. The lowest BCUT2D eigenvalue weighted by atomic mass is 10.2. The highest BCUT2D eigenvalue weighted by Gasteiger charge is 2.20. The molecule has 0 aromatic heterocycles. The van der Waals surface area contributed by atoms with Gasteiger partial charge in [0.2, 0.25) is 0 Å². The molecule has 0 saturated carbocycles. The van der Waals surface area contributed by atoms with Gasteiger partial charge in [-0.1, -0.05) is 6.92 Å². The fourth-order valence-electron chi connectivity index (χ4n) is 1.71. The van der Waals surface area contributed by atoms with Crippen LogP contribution in [0.3, 0.4) is 0 Å². The highest BCUT2D eigenvalue weighted by Crippen LogP contribution is 2.00. The number of nitrogens with zero attached hydrogens (tertiary/aromatic N) is 1. The van der Waals surface area contributed by atoms with Crippen LogP contribution in [0.2, 0.25) is 0 Å². The standard InChI is InChI=1S/C10H20N2O3/c1-2-11-9(10(13)14)8-12-4-3-6-15-7-5-12/h9,11H,2-8H2,1H3,(H,13,14). The molecule has 1 rings (SSSR count). The van der Waals surface area contributed by atoms with Crippen LogP contribution < -0.4 is 5.32 Å². The lowest BCUT2D eigenvalue weighted by Crippen LogP contribution is -2.46. The molecule has 5 heteroatoms. The maximum atomic E-state index is 10.9. The zero-order valence-electron chi connectivity index (χ0n) is 9.24. The predicted octanol–water partition coefficient (Wildman–Crippen LogP) is -0.229. The molecule has 88 valence electrons. The Hall–Kier alpha value is -0.650. The number of ether oxygens (including phenoxy) is 1. The Bertz CT molecular complexity index is 191. The van der Waals surface area contributed by atoms with Crippen LogP contribution >= 0.6 is 0 Å². The molecule has 1 heterocycles. The Morgan fingerprint density at radius 1 is 1.53 bits per heavy atom. The van der Waals surface area contributed by atoms with E-state index in [0.29, 0.717) is 19.7 Å². The van der Waals surface area contributed by atoms with Gasteiger partial charge in [-0.2, -0.15) is 0 Å². The van der Waals surface area contributed by atoms with Gasteiger partial charge in [-0.15, -0.1) is 0 Å². The van der Waals surface area contributed by atoms with E-state index in [4.69, 9.17) is 9.84 Å². The zero-order valence-corrected chi connectivity index (χ0v) is 9.24. The van der Waals surface area contributed by atoms with Gasteiger partial charge >= 0.3 is 5.97 Å². The third kappa shape index (κ3) is 4.59. The zero-order chi connectivity index (χ0) is 11.1. The van der Waals surface area contributed by atoms with Gasteiger partial charge in [-0.05, 0) is 13.0 Å². The molecular weight excluding hydrogens is 196 g/mol. The van der Waals surface area contributed by atoms with Crippen LogP contribution in [0, 0.1) is 0 Å². The number of aliphatic carboxylic acids is 1. The number of likely N-dealkylation sites (N-methyl/N-ethyl adjacent to an activating group) is 1. The number of hydrogen-bond acceptors (Lipinski definition) is 4. The maximum Gasteiger partial charge on any atom is 0.322 e. The van der Waals surface area contributed by atoms with E-state index in [2.05, 4.69) is 10.2 Å². The maximum absolute atomic E-state index is 10.9. The van der Waals surface area contributed by atoms with Crippen LogP contribution in [0.5, 0.6) is 0 Å². The molecule has 0 amide bonds. The van der Waals surface area contributed by atoms with E-state index in [9.17, 15) is 4.79 Å². The van der Waals surface area contributed by atoms with E-state index in [0.717, 1.165) is 26.1 Å². The fraction of sp³-hybridized carbons (Fsp3) is 0.900. The fourth-order valence-corrected chi connectivity index (χ4v) is 1.71. The molecule has 2 N–H and O–H groups in total. The van der Waals surface area contributed by atoms with Crippen molar-refractivity contribution in [3.8, 4) is 0 Å². The topological polar surface area (TPSA) is 61.8 Å². The SMILES string of the molecule is CCNC(CN1CCCOCC1)C(=O)O. The molecule has 0 spiro atoms. The molecule has 1 aliphatic rings.